The number of nitrogens with zero attached hydrogens (tertiary/aromatic N) is 2. The molecular weight excluding hydrogens is 309 g/mol. The van der Waals surface area contributed by atoms with E-state index in [1.54, 1.807) is 6.92 Å². The van der Waals surface area contributed by atoms with Crippen LogP contribution in [-0.2, 0) is 6.18 Å². The quantitative estimate of drug-likeness (QED) is 0.762. The fourth-order valence-corrected chi connectivity index (χ4v) is 2.16. The molecule has 2 heterocycles. The molecule has 0 aliphatic heterocycles. The summed E-state index contributed by atoms with van der Waals surface area (Å²) in [6, 6.07) is 8.99. The number of fused-ring (bicyclic) bond motifs is 1. The van der Waals surface area contributed by atoms with Gasteiger partial charge in [-0.2, -0.15) is 18.2 Å². The van der Waals surface area contributed by atoms with Crippen molar-refractivity contribution in [2.24, 2.45) is 0 Å². The van der Waals surface area contributed by atoms with Crippen LogP contribution in [-0.4, -0.2) is 9.97 Å². The lowest BCUT2D eigenvalue weighted by atomic mass is 10.2. The average molecular weight is 322 g/mol. The fourth-order valence-electron chi connectivity index (χ4n) is 2.16. The van der Waals surface area contributed by atoms with E-state index in [1.807, 2.05) is 30.3 Å². The first kappa shape index (κ1) is 15.1. The number of rotatable bonds is 3. The molecule has 23 heavy (non-hydrogen) atoms. The molecular formula is C15H13F3N4O. The van der Waals surface area contributed by atoms with Crippen LogP contribution in [0.1, 0.15) is 24.3 Å². The predicted molar refractivity (Wildman–Crippen MR) is 79.7 cm³/mol. The fraction of sp³-hybridized carbons (Fsp3) is 0.200. The van der Waals surface area contributed by atoms with E-state index in [4.69, 9.17) is 10.2 Å². The molecule has 0 saturated heterocycles. The largest absolute Gasteiger partial charge is 0.459 e. The Hall–Kier alpha value is -2.77. The standard InChI is InChI=1S/C15H13F3N4O/c1-8(12-6-9-4-2-3-5-11(9)23-12)21-14-20-7-10(13(19)22-14)15(16,17)18/h2-8H,1H3,(H3,19,20,21,22). The Bertz CT molecular complexity index is 811. The Morgan fingerprint density at radius 3 is 2.65 bits per heavy atom. The first-order valence-corrected chi connectivity index (χ1v) is 6.79. The molecule has 0 spiro atoms. The summed E-state index contributed by atoms with van der Waals surface area (Å²) in [6.45, 7) is 1.79. The summed E-state index contributed by atoms with van der Waals surface area (Å²) < 4.78 is 43.6. The van der Waals surface area contributed by atoms with E-state index in [1.165, 1.54) is 0 Å². The second kappa shape index (κ2) is 5.45. The molecule has 0 aliphatic carbocycles. The monoisotopic (exact) mass is 322 g/mol. The molecule has 0 saturated carbocycles. The van der Waals surface area contributed by atoms with Gasteiger partial charge in [0.2, 0.25) is 5.95 Å². The van der Waals surface area contributed by atoms with E-state index in [9.17, 15) is 13.2 Å². The molecule has 5 nitrogen and oxygen atoms in total. The van der Waals surface area contributed by atoms with Crippen LogP contribution in [0.2, 0.25) is 0 Å². The summed E-state index contributed by atoms with van der Waals surface area (Å²) in [6.07, 6.45) is -3.91. The van der Waals surface area contributed by atoms with Crippen molar-refractivity contribution in [2.45, 2.75) is 19.1 Å². The van der Waals surface area contributed by atoms with Crippen LogP contribution in [0.3, 0.4) is 0 Å². The highest BCUT2D eigenvalue weighted by molar-refractivity contribution is 5.77. The number of hydrogen-bond donors (Lipinski definition) is 2. The first-order chi connectivity index (χ1) is 10.8. The zero-order chi connectivity index (χ0) is 16.6. The maximum Gasteiger partial charge on any atom is 0.421 e. The molecule has 0 fully saturated rings. The third-order valence-corrected chi connectivity index (χ3v) is 3.34. The van der Waals surface area contributed by atoms with Gasteiger partial charge in [-0.05, 0) is 19.1 Å². The minimum absolute atomic E-state index is 0.00320. The van der Waals surface area contributed by atoms with Crippen molar-refractivity contribution >= 4 is 22.7 Å². The van der Waals surface area contributed by atoms with Crippen LogP contribution in [0.4, 0.5) is 24.9 Å². The van der Waals surface area contributed by atoms with Gasteiger partial charge in [0.05, 0.1) is 6.04 Å². The van der Waals surface area contributed by atoms with E-state index in [-0.39, 0.29) is 12.0 Å². The van der Waals surface area contributed by atoms with Crippen LogP contribution in [0.15, 0.2) is 40.9 Å². The van der Waals surface area contributed by atoms with Crippen molar-refractivity contribution in [3.8, 4) is 0 Å². The molecule has 3 rings (SSSR count). The van der Waals surface area contributed by atoms with Gasteiger partial charge in [0.15, 0.2) is 0 Å². The molecule has 3 N–H and O–H groups in total. The number of hydrogen-bond acceptors (Lipinski definition) is 5. The molecule has 1 atom stereocenters. The number of halogens is 3. The Labute approximate surface area is 129 Å². The summed E-state index contributed by atoms with van der Waals surface area (Å²) in [5.41, 5.74) is 5.02. The van der Waals surface area contributed by atoms with E-state index < -0.39 is 17.6 Å². The van der Waals surface area contributed by atoms with Gasteiger partial charge in [0, 0.05) is 11.6 Å². The van der Waals surface area contributed by atoms with E-state index >= 15 is 0 Å². The molecule has 2 aromatic heterocycles. The van der Waals surface area contributed by atoms with Gasteiger partial charge in [-0.3, -0.25) is 0 Å². The number of nitrogen functional groups attached to an aromatic ring is 1. The Balaban J connectivity index is 1.82. The molecule has 0 radical (unpaired) electrons. The van der Waals surface area contributed by atoms with Crippen molar-refractivity contribution in [1.29, 1.82) is 0 Å². The predicted octanol–water partition coefficient (Wildman–Crippen LogP) is 4.00. The molecule has 0 aliphatic rings. The molecule has 0 bridgehead atoms. The number of anilines is 2. The van der Waals surface area contributed by atoms with Crippen molar-refractivity contribution in [3.05, 3.63) is 47.9 Å². The molecule has 1 unspecified atom stereocenters. The van der Waals surface area contributed by atoms with Gasteiger partial charge in [0.1, 0.15) is 22.7 Å². The maximum atomic E-state index is 12.6. The summed E-state index contributed by atoms with van der Waals surface area (Å²) in [5, 5.41) is 3.81. The van der Waals surface area contributed by atoms with Crippen LogP contribution >= 0.6 is 0 Å². The minimum atomic E-state index is -4.58. The number of para-hydroxylation sites is 1. The minimum Gasteiger partial charge on any atom is -0.459 e. The molecule has 1 aromatic carbocycles. The highest BCUT2D eigenvalue weighted by Gasteiger charge is 2.34. The average Bonchev–Trinajstić information content (AvgIpc) is 2.90. The van der Waals surface area contributed by atoms with Crippen molar-refractivity contribution in [2.75, 3.05) is 11.1 Å². The lowest BCUT2D eigenvalue weighted by Crippen LogP contribution is -2.14. The zero-order valence-electron chi connectivity index (χ0n) is 12.1. The summed E-state index contributed by atoms with van der Waals surface area (Å²) in [5.74, 6) is 0.00327. The molecule has 0 amide bonds. The van der Waals surface area contributed by atoms with Gasteiger partial charge >= 0.3 is 6.18 Å². The number of nitrogens with two attached hydrogens (primary N) is 1. The molecule has 8 heteroatoms. The van der Waals surface area contributed by atoms with Crippen LogP contribution in [0.25, 0.3) is 11.0 Å². The number of alkyl halides is 3. The summed E-state index contributed by atoms with van der Waals surface area (Å²) in [4.78, 5) is 7.31. The molecule has 120 valence electrons. The zero-order valence-corrected chi connectivity index (χ0v) is 12.1. The van der Waals surface area contributed by atoms with Crippen LogP contribution in [0, 0.1) is 0 Å². The lowest BCUT2D eigenvalue weighted by Gasteiger charge is -2.13. The van der Waals surface area contributed by atoms with Crippen molar-refractivity contribution in [1.82, 2.24) is 9.97 Å². The van der Waals surface area contributed by atoms with E-state index in [0.29, 0.717) is 12.0 Å². The van der Waals surface area contributed by atoms with Gasteiger partial charge in [-0.1, -0.05) is 18.2 Å². The highest BCUT2D eigenvalue weighted by atomic mass is 19.4. The number of aromatic nitrogens is 2. The summed E-state index contributed by atoms with van der Waals surface area (Å²) >= 11 is 0. The second-order valence-electron chi connectivity index (χ2n) is 5.04. The Morgan fingerprint density at radius 1 is 1.26 bits per heavy atom. The topological polar surface area (TPSA) is 77.0 Å². The molecule has 3 aromatic rings. The van der Waals surface area contributed by atoms with Crippen LogP contribution in [0.5, 0.6) is 0 Å². The van der Waals surface area contributed by atoms with Gasteiger partial charge in [-0.15, -0.1) is 0 Å². The van der Waals surface area contributed by atoms with Crippen molar-refractivity contribution in [3.63, 3.8) is 0 Å². The van der Waals surface area contributed by atoms with Crippen LogP contribution < -0.4 is 11.1 Å². The van der Waals surface area contributed by atoms with Gasteiger partial charge in [-0.25, -0.2) is 4.98 Å². The second-order valence-corrected chi connectivity index (χ2v) is 5.04. The van der Waals surface area contributed by atoms with Gasteiger partial charge < -0.3 is 15.5 Å². The summed E-state index contributed by atoms with van der Waals surface area (Å²) in [7, 11) is 0. The smallest absolute Gasteiger partial charge is 0.421 e. The lowest BCUT2D eigenvalue weighted by molar-refractivity contribution is -0.137. The normalized spacial score (nSPS) is 13.2. The Kier molecular flexibility index (Phi) is 3.59. The third kappa shape index (κ3) is 3.05. The van der Waals surface area contributed by atoms with E-state index in [2.05, 4.69) is 15.3 Å². The van der Waals surface area contributed by atoms with Crippen molar-refractivity contribution < 1.29 is 17.6 Å². The maximum absolute atomic E-state index is 12.6. The van der Waals surface area contributed by atoms with E-state index in [0.717, 1.165) is 11.0 Å². The first-order valence-electron chi connectivity index (χ1n) is 6.79. The number of benzene rings is 1. The number of nitrogens with one attached hydrogen (secondary N) is 1. The third-order valence-electron chi connectivity index (χ3n) is 3.34. The number of furan rings is 1. The Morgan fingerprint density at radius 2 is 2.00 bits per heavy atom. The highest BCUT2D eigenvalue weighted by Crippen LogP contribution is 2.32. The SMILES string of the molecule is CC(Nc1ncc(C(F)(F)F)c(N)n1)c1cc2ccccc2o1. The van der Waals surface area contributed by atoms with Gasteiger partial charge in [0.25, 0.3) is 0 Å².